The molecule has 1 saturated carbocycles. The number of rotatable bonds is 4. The number of halogens is 1. The van der Waals surface area contributed by atoms with Crippen LogP contribution in [-0.2, 0) is 14.3 Å². The number of amides is 1. The van der Waals surface area contributed by atoms with Crippen LogP contribution in [-0.4, -0.2) is 34.4 Å². The summed E-state index contributed by atoms with van der Waals surface area (Å²) in [5.74, 6) is 1.13. The van der Waals surface area contributed by atoms with Crippen LogP contribution in [0.2, 0.25) is 4.34 Å². The Morgan fingerprint density at radius 2 is 2.18 bits per heavy atom. The number of hydrogen-bond acceptors (Lipinski definition) is 5. The van der Waals surface area contributed by atoms with Crippen molar-refractivity contribution < 1.29 is 14.3 Å². The van der Waals surface area contributed by atoms with Gasteiger partial charge >= 0.3 is 5.97 Å². The van der Waals surface area contributed by atoms with Crippen LogP contribution in [0.4, 0.5) is 0 Å². The van der Waals surface area contributed by atoms with E-state index in [0.717, 1.165) is 24.1 Å². The number of thiophene rings is 1. The largest absolute Gasteiger partial charge is 0.455 e. The zero-order chi connectivity index (χ0) is 15.7. The minimum absolute atomic E-state index is 0.113. The molecular formula is C15H18ClNO3S2. The van der Waals surface area contributed by atoms with Gasteiger partial charge in [-0.3, -0.25) is 4.79 Å². The average molecular weight is 360 g/mol. The van der Waals surface area contributed by atoms with Crippen molar-refractivity contribution in [1.82, 2.24) is 4.90 Å². The predicted molar refractivity (Wildman–Crippen MR) is 89.1 cm³/mol. The van der Waals surface area contributed by atoms with Crippen molar-refractivity contribution in [3.63, 3.8) is 0 Å². The van der Waals surface area contributed by atoms with E-state index in [1.807, 2.05) is 13.0 Å². The van der Waals surface area contributed by atoms with Gasteiger partial charge in [-0.15, -0.1) is 23.1 Å². The Labute approximate surface area is 143 Å². The molecule has 4 nitrogen and oxygen atoms in total. The maximum atomic E-state index is 12.4. The van der Waals surface area contributed by atoms with E-state index in [4.69, 9.17) is 16.3 Å². The lowest BCUT2D eigenvalue weighted by Gasteiger charge is -2.31. The van der Waals surface area contributed by atoms with Crippen LogP contribution in [0.5, 0.6) is 0 Å². The van der Waals surface area contributed by atoms with Gasteiger partial charge in [0.05, 0.1) is 10.2 Å². The maximum absolute atomic E-state index is 12.4. The summed E-state index contributed by atoms with van der Waals surface area (Å²) >= 11 is 8.93. The molecule has 22 heavy (non-hydrogen) atoms. The fraction of sp³-hybridized carbons (Fsp3) is 0.600. The van der Waals surface area contributed by atoms with Crippen LogP contribution in [0.15, 0.2) is 12.1 Å². The lowest BCUT2D eigenvalue weighted by atomic mass is 9.84. The molecule has 0 bridgehead atoms. The van der Waals surface area contributed by atoms with Gasteiger partial charge in [-0.25, -0.2) is 4.79 Å². The van der Waals surface area contributed by atoms with Crippen LogP contribution >= 0.6 is 34.7 Å². The van der Waals surface area contributed by atoms with Crippen molar-refractivity contribution in [2.24, 2.45) is 5.92 Å². The van der Waals surface area contributed by atoms with Gasteiger partial charge in [0.2, 0.25) is 5.91 Å². The molecule has 0 aromatic carbocycles. The molecule has 1 amide bonds. The second-order valence-electron chi connectivity index (χ2n) is 5.67. The summed E-state index contributed by atoms with van der Waals surface area (Å²) in [6.07, 6.45) is 2.68. The maximum Gasteiger partial charge on any atom is 0.330 e. The van der Waals surface area contributed by atoms with Gasteiger partial charge in [-0.05, 0) is 31.9 Å². The summed E-state index contributed by atoms with van der Waals surface area (Å²) in [4.78, 5) is 27.4. The standard InChI is InChI=1S/C15H18ClNO3S2/c1-9(12-5-6-13(16)22-12)20-15(19)11-7-21-8-17(11)14(18)10-3-2-4-10/h5-6,9-11H,2-4,7-8H2,1H3/t9-,11+/m1/s1. The molecule has 0 radical (unpaired) electrons. The van der Waals surface area contributed by atoms with Crippen LogP contribution in [0, 0.1) is 5.92 Å². The van der Waals surface area contributed by atoms with Crippen molar-refractivity contribution in [3.8, 4) is 0 Å². The molecular weight excluding hydrogens is 342 g/mol. The molecule has 7 heteroatoms. The third kappa shape index (κ3) is 3.29. The van der Waals surface area contributed by atoms with Crippen molar-refractivity contribution >= 4 is 46.6 Å². The van der Waals surface area contributed by atoms with Gasteiger partial charge in [0, 0.05) is 16.5 Å². The smallest absolute Gasteiger partial charge is 0.330 e. The monoisotopic (exact) mass is 359 g/mol. The van der Waals surface area contributed by atoms with Crippen LogP contribution in [0.25, 0.3) is 0 Å². The summed E-state index contributed by atoms with van der Waals surface area (Å²) < 4.78 is 6.23. The Morgan fingerprint density at radius 1 is 1.41 bits per heavy atom. The molecule has 2 atom stereocenters. The zero-order valence-corrected chi connectivity index (χ0v) is 14.7. The Kier molecular flexibility index (Phi) is 5.00. The first kappa shape index (κ1) is 16.1. The summed E-state index contributed by atoms with van der Waals surface area (Å²) in [5.41, 5.74) is 0. The van der Waals surface area contributed by atoms with Crippen molar-refractivity contribution in [1.29, 1.82) is 0 Å². The molecule has 2 heterocycles. The van der Waals surface area contributed by atoms with Gasteiger partial charge in [-0.1, -0.05) is 18.0 Å². The van der Waals surface area contributed by atoms with Gasteiger partial charge in [0.15, 0.2) is 0 Å². The van der Waals surface area contributed by atoms with Crippen LogP contribution < -0.4 is 0 Å². The van der Waals surface area contributed by atoms with E-state index in [2.05, 4.69) is 0 Å². The Hall–Kier alpha value is -0.720. The van der Waals surface area contributed by atoms with E-state index in [1.54, 1.807) is 22.7 Å². The molecule has 1 saturated heterocycles. The van der Waals surface area contributed by atoms with E-state index in [0.29, 0.717) is 16.0 Å². The summed E-state index contributed by atoms with van der Waals surface area (Å²) in [6, 6.07) is 3.21. The highest BCUT2D eigenvalue weighted by Crippen LogP contribution is 2.34. The molecule has 0 spiro atoms. The highest BCUT2D eigenvalue weighted by atomic mass is 35.5. The number of carbonyl (C=O) groups excluding carboxylic acids is 2. The number of nitrogens with zero attached hydrogens (tertiary/aromatic N) is 1. The number of esters is 1. The molecule has 2 aliphatic rings. The third-order valence-corrected chi connectivity index (χ3v) is 6.58. The molecule has 1 aliphatic carbocycles. The van der Waals surface area contributed by atoms with Crippen molar-refractivity contribution in [2.75, 3.05) is 11.6 Å². The van der Waals surface area contributed by atoms with Gasteiger partial charge in [0.1, 0.15) is 12.1 Å². The summed E-state index contributed by atoms with van der Waals surface area (Å²) in [5, 5.41) is 0. The Bertz CT molecular complexity index is 573. The quantitative estimate of drug-likeness (QED) is 0.769. The first-order chi connectivity index (χ1) is 10.6. The molecule has 1 aromatic rings. The van der Waals surface area contributed by atoms with E-state index in [-0.39, 0.29) is 23.9 Å². The predicted octanol–water partition coefficient (Wildman–Crippen LogP) is 3.71. The third-order valence-electron chi connectivity index (χ3n) is 4.18. The van der Waals surface area contributed by atoms with Gasteiger partial charge < -0.3 is 9.64 Å². The van der Waals surface area contributed by atoms with E-state index in [9.17, 15) is 9.59 Å². The molecule has 1 aliphatic heterocycles. The Morgan fingerprint density at radius 3 is 2.77 bits per heavy atom. The number of ether oxygens (including phenoxy) is 1. The molecule has 120 valence electrons. The number of thioether (sulfide) groups is 1. The second-order valence-corrected chi connectivity index (χ2v) is 8.42. The van der Waals surface area contributed by atoms with E-state index >= 15 is 0 Å². The average Bonchev–Trinajstić information content (AvgIpc) is 3.04. The number of hydrogen-bond donors (Lipinski definition) is 0. The van der Waals surface area contributed by atoms with Gasteiger partial charge in [-0.2, -0.15) is 0 Å². The van der Waals surface area contributed by atoms with Crippen LogP contribution in [0.3, 0.4) is 0 Å². The minimum atomic E-state index is -0.448. The fourth-order valence-corrected chi connectivity index (χ4v) is 4.79. The zero-order valence-electron chi connectivity index (χ0n) is 12.3. The lowest BCUT2D eigenvalue weighted by Crippen LogP contribution is -2.46. The molecule has 0 N–H and O–H groups in total. The molecule has 3 rings (SSSR count). The highest BCUT2D eigenvalue weighted by Gasteiger charge is 2.40. The van der Waals surface area contributed by atoms with E-state index < -0.39 is 6.04 Å². The molecule has 2 fully saturated rings. The normalized spacial score (nSPS) is 23.2. The van der Waals surface area contributed by atoms with Crippen molar-refractivity contribution in [3.05, 3.63) is 21.3 Å². The first-order valence-electron chi connectivity index (χ1n) is 7.40. The first-order valence-corrected chi connectivity index (χ1v) is 9.75. The number of carbonyl (C=O) groups is 2. The minimum Gasteiger partial charge on any atom is -0.455 e. The summed E-state index contributed by atoms with van der Waals surface area (Å²) in [7, 11) is 0. The lowest BCUT2D eigenvalue weighted by molar-refractivity contribution is -0.158. The summed E-state index contributed by atoms with van der Waals surface area (Å²) in [6.45, 7) is 1.83. The van der Waals surface area contributed by atoms with Gasteiger partial charge in [0.25, 0.3) is 0 Å². The van der Waals surface area contributed by atoms with E-state index in [1.165, 1.54) is 11.3 Å². The highest BCUT2D eigenvalue weighted by molar-refractivity contribution is 7.99. The molecule has 1 aromatic heterocycles. The fourth-order valence-electron chi connectivity index (χ4n) is 2.60. The second kappa shape index (κ2) is 6.81. The SMILES string of the molecule is C[C@@H](OC(=O)[C@@H]1CSCN1C(=O)C1CCC1)c1ccc(Cl)s1. The van der Waals surface area contributed by atoms with Crippen LogP contribution in [0.1, 0.15) is 37.2 Å². The Balaban J connectivity index is 1.61. The molecule has 0 unspecified atom stereocenters. The topological polar surface area (TPSA) is 46.6 Å². The van der Waals surface area contributed by atoms with Crippen molar-refractivity contribution in [2.45, 2.75) is 38.3 Å².